The number of nitrogens with two attached hydrogens (primary N) is 1. The first-order valence-corrected chi connectivity index (χ1v) is 14.0. The number of nitriles is 1. The maximum absolute atomic E-state index is 14.4. The van der Waals surface area contributed by atoms with Crippen LogP contribution in [0.4, 0.5) is 5.69 Å². The Labute approximate surface area is 261 Å². The van der Waals surface area contributed by atoms with Crippen LogP contribution in [0.25, 0.3) is 12.2 Å². The number of allylic oxidation sites excluding steroid dienone is 4. The number of rotatable bonds is 9. The van der Waals surface area contributed by atoms with Crippen LogP contribution < -0.4 is 20.1 Å². The summed E-state index contributed by atoms with van der Waals surface area (Å²) < 4.78 is 10.5. The number of phenols is 2. The lowest BCUT2D eigenvalue weighted by Crippen LogP contribution is -2.36. The summed E-state index contributed by atoms with van der Waals surface area (Å²) in [4.78, 5) is 16.1. The van der Waals surface area contributed by atoms with Crippen LogP contribution >= 0.6 is 0 Å². The van der Waals surface area contributed by atoms with E-state index in [1.807, 2.05) is 60.7 Å². The van der Waals surface area contributed by atoms with Gasteiger partial charge in [-0.25, -0.2) is 0 Å². The number of hydrogen-bond acceptors (Lipinski definition) is 8. The van der Waals surface area contributed by atoms with Crippen molar-refractivity contribution >= 4 is 23.6 Å². The van der Waals surface area contributed by atoms with E-state index in [1.165, 1.54) is 32.4 Å². The molecule has 1 aliphatic heterocycles. The molecule has 1 atom stereocenters. The predicted octanol–water partition coefficient (Wildman–Crippen LogP) is 6.66. The molecule has 0 amide bonds. The van der Waals surface area contributed by atoms with Gasteiger partial charge in [-0.3, -0.25) is 9.69 Å². The highest BCUT2D eigenvalue weighted by atomic mass is 16.5. The Balaban J connectivity index is 1.75. The standard InChI is InChI=1S/C37H31N3O5/c1-44-33-21-24(14-18-30(33)41)13-17-29-36(32(43)20-16-25-15-19-31(42)34(22-25)45-2)35(26-9-5-3-6-10-26)28(23-38)37(39)40(29)27-11-7-4-8-12-27/h3-22,35,41-42H,39H2,1-2H3. The van der Waals surface area contributed by atoms with Gasteiger partial charge in [0.1, 0.15) is 5.82 Å². The zero-order valence-electron chi connectivity index (χ0n) is 24.7. The fraction of sp³-hybridized carbons (Fsp3) is 0.0811. The third kappa shape index (κ3) is 6.28. The lowest BCUT2D eigenvalue weighted by molar-refractivity contribution is -0.111. The van der Waals surface area contributed by atoms with Gasteiger partial charge in [0.25, 0.3) is 0 Å². The Morgan fingerprint density at radius 2 is 1.38 bits per heavy atom. The molecule has 1 heterocycles. The molecule has 5 rings (SSSR count). The molecular formula is C37H31N3O5. The van der Waals surface area contributed by atoms with Crippen molar-refractivity contribution in [3.05, 3.63) is 149 Å². The van der Waals surface area contributed by atoms with E-state index in [9.17, 15) is 20.3 Å². The van der Waals surface area contributed by atoms with Gasteiger partial charge in [0.2, 0.25) is 0 Å². The molecule has 0 bridgehead atoms. The number of nitrogens with zero attached hydrogens (tertiary/aromatic N) is 2. The number of ketones is 1. The molecule has 8 heteroatoms. The van der Waals surface area contributed by atoms with E-state index in [4.69, 9.17) is 15.2 Å². The first-order chi connectivity index (χ1) is 21.9. The molecular weight excluding hydrogens is 566 g/mol. The minimum atomic E-state index is -0.767. The molecule has 1 unspecified atom stereocenters. The number of benzene rings is 4. The molecule has 4 N–H and O–H groups in total. The maximum Gasteiger partial charge on any atom is 0.184 e. The van der Waals surface area contributed by atoms with Crippen molar-refractivity contribution in [1.82, 2.24) is 0 Å². The van der Waals surface area contributed by atoms with E-state index in [0.29, 0.717) is 33.8 Å². The predicted molar refractivity (Wildman–Crippen MR) is 174 cm³/mol. The second-order valence-electron chi connectivity index (χ2n) is 10.1. The molecule has 0 radical (unpaired) electrons. The summed E-state index contributed by atoms with van der Waals surface area (Å²) in [5.41, 5.74) is 10.5. The van der Waals surface area contributed by atoms with Gasteiger partial charge >= 0.3 is 0 Å². The number of aromatic hydroxyl groups is 2. The third-order valence-corrected chi connectivity index (χ3v) is 7.41. The van der Waals surface area contributed by atoms with Crippen molar-refractivity contribution in [3.8, 4) is 29.1 Å². The summed E-state index contributed by atoms with van der Waals surface area (Å²) in [7, 11) is 2.92. The van der Waals surface area contributed by atoms with Gasteiger partial charge in [-0.15, -0.1) is 0 Å². The van der Waals surface area contributed by atoms with Crippen molar-refractivity contribution in [1.29, 1.82) is 5.26 Å². The third-order valence-electron chi connectivity index (χ3n) is 7.41. The molecule has 45 heavy (non-hydrogen) atoms. The summed E-state index contributed by atoms with van der Waals surface area (Å²) in [6, 6.07) is 30.6. The number of ether oxygens (including phenoxy) is 2. The second-order valence-corrected chi connectivity index (χ2v) is 10.1. The van der Waals surface area contributed by atoms with Crippen LogP contribution in [-0.2, 0) is 4.79 Å². The molecule has 1 aliphatic rings. The molecule has 0 aromatic heterocycles. The van der Waals surface area contributed by atoms with E-state index in [1.54, 1.807) is 47.4 Å². The fourth-order valence-electron chi connectivity index (χ4n) is 5.23. The molecule has 224 valence electrons. The molecule has 4 aromatic carbocycles. The van der Waals surface area contributed by atoms with E-state index < -0.39 is 5.92 Å². The highest BCUT2D eigenvalue weighted by Gasteiger charge is 2.37. The molecule has 0 saturated heterocycles. The number of hydrogen-bond donors (Lipinski definition) is 3. The molecule has 0 spiro atoms. The Morgan fingerprint density at radius 3 is 1.93 bits per heavy atom. The van der Waals surface area contributed by atoms with Crippen LogP contribution in [0.5, 0.6) is 23.0 Å². The van der Waals surface area contributed by atoms with Gasteiger partial charge in [-0.05, 0) is 65.2 Å². The lowest BCUT2D eigenvalue weighted by Gasteiger charge is -2.36. The second kappa shape index (κ2) is 13.4. The minimum absolute atomic E-state index is 0.000657. The highest BCUT2D eigenvalue weighted by Crippen LogP contribution is 2.43. The van der Waals surface area contributed by atoms with E-state index in [2.05, 4.69) is 6.07 Å². The van der Waals surface area contributed by atoms with E-state index in [0.717, 1.165) is 5.56 Å². The monoisotopic (exact) mass is 597 g/mol. The number of carbonyl (C=O) groups excluding carboxylic acids is 1. The molecule has 0 fully saturated rings. The van der Waals surface area contributed by atoms with Crippen LogP contribution in [0, 0.1) is 11.3 Å². The summed E-state index contributed by atoms with van der Waals surface area (Å²) in [5.74, 6) is -0.364. The topological polar surface area (TPSA) is 129 Å². The maximum atomic E-state index is 14.4. The van der Waals surface area contributed by atoms with Crippen molar-refractivity contribution in [2.75, 3.05) is 19.1 Å². The number of para-hydroxylation sites is 1. The van der Waals surface area contributed by atoms with Crippen LogP contribution in [0.15, 0.2) is 132 Å². The first kappa shape index (κ1) is 30.3. The highest BCUT2D eigenvalue weighted by molar-refractivity contribution is 6.10. The molecule has 4 aromatic rings. The fourth-order valence-corrected chi connectivity index (χ4v) is 5.23. The van der Waals surface area contributed by atoms with Crippen LogP contribution in [-0.4, -0.2) is 30.2 Å². The zero-order chi connectivity index (χ0) is 31.9. The van der Waals surface area contributed by atoms with Crippen LogP contribution in [0.3, 0.4) is 0 Å². The van der Waals surface area contributed by atoms with Gasteiger partial charge in [-0.2, -0.15) is 5.26 Å². The lowest BCUT2D eigenvalue weighted by atomic mass is 9.79. The van der Waals surface area contributed by atoms with Crippen LogP contribution in [0.1, 0.15) is 22.6 Å². The summed E-state index contributed by atoms with van der Waals surface area (Å²) >= 11 is 0. The molecule has 0 saturated carbocycles. The Bertz CT molecular complexity index is 1890. The van der Waals surface area contributed by atoms with Gasteiger partial charge in [-0.1, -0.05) is 72.8 Å². The normalized spacial score (nSPS) is 15.0. The average molecular weight is 598 g/mol. The van der Waals surface area contributed by atoms with Crippen molar-refractivity contribution in [3.63, 3.8) is 0 Å². The minimum Gasteiger partial charge on any atom is -0.504 e. The number of phenolic OH excluding ortho intramolecular Hbond substituents is 2. The van der Waals surface area contributed by atoms with Crippen LogP contribution in [0.2, 0.25) is 0 Å². The Hall–Kier alpha value is -6.20. The van der Waals surface area contributed by atoms with Gasteiger partial charge < -0.3 is 25.4 Å². The SMILES string of the molecule is COc1cc(C=CC(=O)C2=C(C=Cc3ccc(O)c(OC)c3)N(c3ccccc3)C(N)=C(C#N)C2c2ccccc2)ccc1O. The number of methoxy groups -OCH3 is 2. The Morgan fingerprint density at radius 1 is 0.822 bits per heavy atom. The van der Waals surface area contributed by atoms with Crippen molar-refractivity contribution < 1.29 is 24.5 Å². The first-order valence-electron chi connectivity index (χ1n) is 14.0. The Kier molecular flexibility index (Phi) is 9.01. The number of anilines is 1. The van der Waals surface area contributed by atoms with Gasteiger partial charge in [0.05, 0.1) is 37.5 Å². The quantitative estimate of drug-likeness (QED) is 0.183. The largest absolute Gasteiger partial charge is 0.504 e. The van der Waals surface area contributed by atoms with Crippen molar-refractivity contribution in [2.45, 2.75) is 5.92 Å². The van der Waals surface area contributed by atoms with Gasteiger partial charge in [0, 0.05) is 11.3 Å². The van der Waals surface area contributed by atoms with E-state index in [-0.39, 0.29) is 34.4 Å². The summed E-state index contributed by atoms with van der Waals surface area (Å²) in [6.45, 7) is 0. The zero-order valence-corrected chi connectivity index (χ0v) is 24.7. The molecule has 8 nitrogen and oxygen atoms in total. The van der Waals surface area contributed by atoms with E-state index >= 15 is 0 Å². The number of carbonyl (C=O) groups is 1. The summed E-state index contributed by atoms with van der Waals surface area (Å²) in [6.07, 6.45) is 6.64. The summed E-state index contributed by atoms with van der Waals surface area (Å²) in [5, 5.41) is 30.6. The smallest absolute Gasteiger partial charge is 0.184 e. The average Bonchev–Trinajstić information content (AvgIpc) is 3.07. The van der Waals surface area contributed by atoms with Crippen molar-refractivity contribution in [2.24, 2.45) is 5.73 Å². The molecule has 0 aliphatic carbocycles. The van der Waals surface area contributed by atoms with Gasteiger partial charge in [0.15, 0.2) is 28.8 Å².